The van der Waals surface area contributed by atoms with E-state index in [2.05, 4.69) is 67.1 Å². The molecule has 0 N–H and O–H groups in total. The maximum atomic E-state index is 5.88. The first-order valence-electron chi connectivity index (χ1n) is 9.46. The summed E-state index contributed by atoms with van der Waals surface area (Å²) in [6.07, 6.45) is 2.39. The number of ether oxygens (including phenoxy) is 1. The molecule has 0 radical (unpaired) electrons. The van der Waals surface area contributed by atoms with Gasteiger partial charge in [-0.25, -0.2) is 4.98 Å². The molecule has 0 fully saturated rings. The van der Waals surface area contributed by atoms with Gasteiger partial charge in [0, 0.05) is 19.1 Å². The fourth-order valence-electron chi connectivity index (χ4n) is 3.80. The second-order valence-electron chi connectivity index (χ2n) is 7.39. The molecule has 3 nitrogen and oxygen atoms in total. The topological polar surface area (TPSA) is 25.4 Å². The van der Waals surface area contributed by atoms with Gasteiger partial charge in [-0.15, -0.1) is 11.3 Å². The zero-order chi connectivity index (χ0) is 18.1. The third kappa shape index (κ3) is 3.62. The van der Waals surface area contributed by atoms with Crippen molar-refractivity contribution in [2.45, 2.75) is 45.8 Å². The lowest BCUT2D eigenvalue weighted by molar-refractivity contribution is 0.221. The SMILES string of the molecule is CC(C)Oc1ccc2c(c1)CCN(C(C)c1ccc3scnc3c1)CC2. The largest absolute Gasteiger partial charge is 0.491 e. The van der Waals surface area contributed by atoms with Gasteiger partial charge in [-0.2, -0.15) is 0 Å². The Morgan fingerprint density at radius 2 is 1.81 bits per heavy atom. The van der Waals surface area contributed by atoms with Crippen LogP contribution in [0.5, 0.6) is 5.75 Å². The molecule has 136 valence electrons. The van der Waals surface area contributed by atoms with Crippen LogP contribution in [0.3, 0.4) is 0 Å². The molecule has 0 spiro atoms. The summed E-state index contributed by atoms with van der Waals surface area (Å²) < 4.78 is 7.14. The molecule has 0 saturated heterocycles. The molecule has 1 aliphatic heterocycles. The molecular weight excluding hydrogens is 340 g/mol. The molecule has 0 bridgehead atoms. The van der Waals surface area contributed by atoms with E-state index in [1.807, 2.05) is 5.51 Å². The maximum absolute atomic E-state index is 5.88. The Hall–Kier alpha value is -1.91. The number of fused-ring (bicyclic) bond motifs is 2. The van der Waals surface area contributed by atoms with Crippen molar-refractivity contribution in [3.8, 4) is 5.75 Å². The van der Waals surface area contributed by atoms with Crippen molar-refractivity contribution >= 4 is 21.6 Å². The van der Waals surface area contributed by atoms with E-state index >= 15 is 0 Å². The fraction of sp³-hybridized carbons (Fsp3) is 0.409. The van der Waals surface area contributed by atoms with Crippen LogP contribution < -0.4 is 4.74 Å². The summed E-state index contributed by atoms with van der Waals surface area (Å²) in [5.41, 5.74) is 7.31. The standard InChI is InChI=1S/C22H26N2OS/c1-15(2)25-20-6-4-17-8-10-24(11-9-19(17)12-20)16(3)18-5-7-22-21(13-18)23-14-26-22/h4-7,12-16H,8-11H2,1-3H3. The van der Waals surface area contributed by atoms with Gasteiger partial charge in [0.25, 0.3) is 0 Å². The van der Waals surface area contributed by atoms with Gasteiger partial charge in [0.2, 0.25) is 0 Å². The molecular formula is C22H26N2OS. The lowest BCUT2D eigenvalue weighted by atomic mass is 10.0. The average Bonchev–Trinajstić information content (AvgIpc) is 2.99. The van der Waals surface area contributed by atoms with Crippen LogP contribution in [0.2, 0.25) is 0 Å². The van der Waals surface area contributed by atoms with Crippen LogP contribution in [-0.2, 0) is 12.8 Å². The molecule has 2 aromatic carbocycles. The van der Waals surface area contributed by atoms with Crippen molar-refractivity contribution in [2.24, 2.45) is 0 Å². The average molecular weight is 367 g/mol. The number of aromatic nitrogens is 1. The van der Waals surface area contributed by atoms with Gasteiger partial charge in [0.1, 0.15) is 5.75 Å². The van der Waals surface area contributed by atoms with Gasteiger partial charge in [0.15, 0.2) is 0 Å². The van der Waals surface area contributed by atoms with Gasteiger partial charge >= 0.3 is 0 Å². The van der Waals surface area contributed by atoms with Gasteiger partial charge in [-0.1, -0.05) is 12.1 Å². The lowest BCUT2D eigenvalue weighted by Gasteiger charge is -2.28. The molecule has 3 aromatic rings. The number of thiazole rings is 1. The molecule has 0 aliphatic carbocycles. The van der Waals surface area contributed by atoms with Crippen LogP contribution in [0.4, 0.5) is 0 Å². The Labute approximate surface area is 159 Å². The van der Waals surface area contributed by atoms with Crippen LogP contribution in [0, 0.1) is 0 Å². The first kappa shape index (κ1) is 17.5. The van der Waals surface area contributed by atoms with Crippen LogP contribution in [0.25, 0.3) is 10.2 Å². The second kappa shape index (κ2) is 7.37. The molecule has 0 amide bonds. The Morgan fingerprint density at radius 3 is 2.62 bits per heavy atom. The highest BCUT2D eigenvalue weighted by Gasteiger charge is 2.20. The summed E-state index contributed by atoms with van der Waals surface area (Å²) >= 11 is 1.71. The highest BCUT2D eigenvalue weighted by atomic mass is 32.1. The summed E-state index contributed by atoms with van der Waals surface area (Å²) in [7, 11) is 0. The number of hydrogen-bond acceptors (Lipinski definition) is 4. The van der Waals surface area contributed by atoms with E-state index in [4.69, 9.17) is 4.74 Å². The fourth-order valence-corrected chi connectivity index (χ4v) is 4.46. The molecule has 1 unspecified atom stereocenters. The van der Waals surface area contributed by atoms with E-state index in [1.165, 1.54) is 21.4 Å². The zero-order valence-corrected chi connectivity index (χ0v) is 16.6. The van der Waals surface area contributed by atoms with Crippen molar-refractivity contribution in [2.75, 3.05) is 13.1 Å². The van der Waals surface area contributed by atoms with E-state index < -0.39 is 0 Å². The monoisotopic (exact) mass is 366 g/mol. The molecule has 26 heavy (non-hydrogen) atoms. The quantitative estimate of drug-likeness (QED) is 0.631. The number of hydrogen-bond donors (Lipinski definition) is 0. The van der Waals surface area contributed by atoms with E-state index in [-0.39, 0.29) is 6.10 Å². The van der Waals surface area contributed by atoms with E-state index in [0.717, 1.165) is 37.2 Å². The van der Waals surface area contributed by atoms with Crippen molar-refractivity contribution in [1.29, 1.82) is 0 Å². The van der Waals surface area contributed by atoms with Crippen LogP contribution >= 0.6 is 11.3 Å². The van der Waals surface area contributed by atoms with Gasteiger partial charge < -0.3 is 4.74 Å². The highest BCUT2D eigenvalue weighted by Crippen LogP contribution is 2.29. The minimum atomic E-state index is 0.219. The number of rotatable bonds is 4. The van der Waals surface area contributed by atoms with Crippen LogP contribution in [0.1, 0.15) is 43.5 Å². The summed E-state index contributed by atoms with van der Waals surface area (Å²) in [5.74, 6) is 0.995. The Morgan fingerprint density at radius 1 is 1.00 bits per heavy atom. The molecule has 1 aromatic heterocycles. The molecule has 2 heterocycles. The third-order valence-corrected chi connectivity index (χ3v) is 6.08. The number of nitrogens with zero attached hydrogens (tertiary/aromatic N) is 2. The molecule has 4 rings (SSSR count). The Bertz CT molecular complexity index is 902. The predicted octanol–water partition coefficient (Wildman–Crippen LogP) is 5.25. The van der Waals surface area contributed by atoms with E-state index in [9.17, 15) is 0 Å². The minimum absolute atomic E-state index is 0.219. The molecule has 1 atom stereocenters. The van der Waals surface area contributed by atoms with Crippen LogP contribution in [-0.4, -0.2) is 29.1 Å². The minimum Gasteiger partial charge on any atom is -0.491 e. The Balaban J connectivity index is 1.50. The zero-order valence-electron chi connectivity index (χ0n) is 15.7. The summed E-state index contributed by atoms with van der Waals surface area (Å²) in [6, 6.07) is 13.7. The Kier molecular flexibility index (Phi) is 4.96. The third-order valence-electron chi connectivity index (χ3n) is 5.27. The summed E-state index contributed by atoms with van der Waals surface area (Å²) in [5, 5.41) is 0. The normalized spacial score (nSPS) is 16.5. The maximum Gasteiger partial charge on any atom is 0.119 e. The second-order valence-corrected chi connectivity index (χ2v) is 8.27. The van der Waals surface area contributed by atoms with Crippen molar-refractivity contribution in [3.05, 3.63) is 58.6 Å². The van der Waals surface area contributed by atoms with Gasteiger partial charge in [-0.3, -0.25) is 4.90 Å². The van der Waals surface area contributed by atoms with E-state index in [0.29, 0.717) is 6.04 Å². The molecule has 0 saturated carbocycles. The first-order valence-corrected chi connectivity index (χ1v) is 10.3. The summed E-state index contributed by atoms with van der Waals surface area (Å²) in [6.45, 7) is 8.64. The lowest BCUT2D eigenvalue weighted by Crippen LogP contribution is -2.29. The highest BCUT2D eigenvalue weighted by molar-refractivity contribution is 7.16. The summed E-state index contributed by atoms with van der Waals surface area (Å²) in [4.78, 5) is 7.07. The molecule has 1 aliphatic rings. The van der Waals surface area contributed by atoms with Crippen molar-refractivity contribution < 1.29 is 4.74 Å². The number of benzene rings is 2. The smallest absolute Gasteiger partial charge is 0.119 e. The van der Waals surface area contributed by atoms with Gasteiger partial charge in [-0.05, 0) is 74.6 Å². The van der Waals surface area contributed by atoms with Gasteiger partial charge in [0.05, 0.1) is 21.8 Å². The van der Waals surface area contributed by atoms with Crippen molar-refractivity contribution in [3.63, 3.8) is 0 Å². The van der Waals surface area contributed by atoms with E-state index in [1.54, 1.807) is 11.3 Å². The molecule has 4 heteroatoms. The first-order chi connectivity index (χ1) is 12.6. The van der Waals surface area contributed by atoms with Crippen LogP contribution in [0.15, 0.2) is 41.9 Å². The predicted molar refractivity (Wildman–Crippen MR) is 109 cm³/mol. The van der Waals surface area contributed by atoms with Crippen molar-refractivity contribution in [1.82, 2.24) is 9.88 Å².